The zero-order valence-electron chi connectivity index (χ0n) is 18.1. The van der Waals surface area contributed by atoms with Crippen molar-refractivity contribution in [3.05, 3.63) is 109 Å². The van der Waals surface area contributed by atoms with Gasteiger partial charge in [0.05, 0.1) is 12.1 Å². The van der Waals surface area contributed by atoms with E-state index in [0.29, 0.717) is 29.2 Å². The van der Waals surface area contributed by atoms with Crippen molar-refractivity contribution in [3.63, 3.8) is 0 Å². The lowest BCUT2D eigenvalue weighted by atomic mass is 10.1. The number of rotatable bonds is 7. The number of carbonyl (C=O) groups excluding carboxylic acids is 1. The van der Waals surface area contributed by atoms with Crippen molar-refractivity contribution >= 4 is 28.7 Å². The predicted octanol–water partition coefficient (Wildman–Crippen LogP) is 2.93. The van der Waals surface area contributed by atoms with E-state index in [-0.39, 0.29) is 19.0 Å². The number of hydrogen-bond acceptors (Lipinski definition) is 4. The summed E-state index contributed by atoms with van der Waals surface area (Å²) in [4.78, 5) is 42.7. The van der Waals surface area contributed by atoms with Crippen LogP contribution in [0.25, 0.3) is 11.2 Å². The van der Waals surface area contributed by atoms with E-state index in [9.17, 15) is 14.4 Å². The maximum Gasteiger partial charge on any atom is 0.318 e. The Hall–Kier alpha value is -3.71. The molecule has 0 fully saturated rings. The molecule has 0 spiro atoms. The normalized spacial score (nSPS) is 11.0. The zero-order chi connectivity index (χ0) is 23.4. The van der Waals surface area contributed by atoms with Gasteiger partial charge in [-0.05, 0) is 48.7 Å². The van der Waals surface area contributed by atoms with Crippen LogP contribution in [0.4, 0.5) is 0 Å². The van der Waals surface area contributed by atoms with Crippen LogP contribution in [0.1, 0.15) is 16.7 Å². The summed E-state index contributed by atoms with van der Waals surface area (Å²) < 4.78 is 2.55. The smallest absolute Gasteiger partial charge is 0.318 e. The lowest BCUT2D eigenvalue weighted by Gasteiger charge is -2.14. The van der Waals surface area contributed by atoms with Gasteiger partial charge in [-0.2, -0.15) is 0 Å². The highest BCUT2D eigenvalue weighted by atomic mass is 35.5. The monoisotopic (exact) mass is 462 g/mol. The van der Waals surface area contributed by atoms with E-state index in [1.54, 1.807) is 30.5 Å². The molecule has 2 aromatic carbocycles. The van der Waals surface area contributed by atoms with Crippen molar-refractivity contribution in [1.29, 1.82) is 0 Å². The molecule has 2 heterocycles. The van der Waals surface area contributed by atoms with Gasteiger partial charge in [0, 0.05) is 17.8 Å². The molecule has 0 unspecified atom stereocenters. The van der Waals surface area contributed by atoms with Gasteiger partial charge in [-0.15, -0.1) is 0 Å². The molecule has 0 atom stereocenters. The van der Waals surface area contributed by atoms with Crippen LogP contribution < -0.4 is 16.4 Å². The van der Waals surface area contributed by atoms with Gasteiger partial charge in [-0.25, -0.2) is 4.98 Å². The summed E-state index contributed by atoms with van der Waals surface area (Å²) in [6.07, 6.45) is 2.19. The fourth-order valence-electron chi connectivity index (χ4n) is 3.62. The third kappa shape index (κ3) is 5.21. The van der Waals surface area contributed by atoms with Crippen molar-refractivity contribution in [3.8, 4) is 0 Å². The van der Waals surface area contributed by atoms with Crippen LogP contribution in [0.3, 0.4) is 0 Å². The summed E-state index contributed by atoms with van der Waals surface area (Å²) in [6, 6.07) is 18.5. The highest BCUT2D eigenvalue weighted by molar-refractivity contribution is 6.30. The summed E-state index contributed by atoms with van der Waals surface area (Å²) in [6.45, 7) is 2.34. The molecule has 0 aliphatic heterocycles. The van der Waals surface area contributed by atoms with Crippen LogP contribution in [0.2, 0.25) is 5.02 Å². The summed E-state index contributed by atoms with van der Waals surface area (Å²) in [5.41, 5.74) is 2.34. The lowest BCUT2D eigenvalue weighted by molar-refractivity contribution is -0.121. The Kier molecular flexibility index (Phi) is 6.70. The number of benzene rings is 2. The second-order valence-electron chi connectivity index (χ2n) is 7.84. The molecule has 0 saturated carbocycles. The van der Waals surface area contributed by atoms with E-state index < -0.39 is 11.1 Å². The van der Waals surface area contributed by atoms with Crippen LogP contribution in [0, 0.1) is 6.92 Å². The van der Waals surface area contributed by atoms with E-state index >= 15 is 0 Å². The van der Waals surface area contributed by atoms with E-state index in [1.165, 1.54) is 9.13 Å². The first-order valence-corrected chi connectivity index (χ1v) is 11.0. The molecule has 1 N–H and O–H groups in total. The number of pyridine rings is 1. The number of halogens is 1. The van der Waals surface area contributed by atoms with Crippen LogP contribution in [-0.4, -0.2) is 26.6 Å². The number of amides is 1. The molecule has 0 bridgehead atoms. The highest BCUT2D eigenvalue weighted by Gasteiger charge is 2.16. The largest absolute Gasteiger partial charge is 0.354 e. The minimum Gasteiger partial charge on any atom is -0.354 e. The third-order valence-electron chi connectivity index (χ3n) is 5.40. The van der Waals surface area contributed by atoms with Crippen molar-refractivity contribution in [2.75, 3.05) is 6.54 Å². The van der Waals surface area contributed by atoms with Crippen LogP contribution in [0.5, 0.6) is 0 Å². The molecule has 1 amide bonds. The number of aromatic nitrogens is 3. The Bertz CT molecular complexity index is 1410. The van der Waals surface area contributed by atoms with Crippen molar-refractivity contribution in [1.82, 2.24) is 19.4 Å². The molecule has 0 radical (unpaired) electrons. The molecule has 0 aliphatic rings. The standard InChI is InChI=1S/C25H23ClN4O3/c1-17-4-6-19(7-5-17)15-30-23-21(3-2-13-28-23)29(24(32)25(30)33)16-22(31)27-14-12-18-8-10-20(26)11-9-18/h2-11,13H,12,14-16H2,1H3,(H,27,31). The molecule has 2 aromatic heterocycles. The minimum atomic E-state index is -0.754. The summed E-state index contributed by atoms with van der Waals surface area (Å²) in [7, 11) is 0. The third-order valence-corrected chi connectivity index (χ3v) is 5.65. The van der Waals surface area contributed by atoms with Gasteiger partial charge in [0.2, 0.25) is 5.91 Å². The fraction of sp³-hybridized carbons (Fsp3) is 0.200. The number of carbonyl (C=O) groups is 1. The Morgan fingerprint density at radius 2 is 1.61 bits per heavy atom. The Morgan fingerprint density at radius 3 is 2.33 bits per heavy atom. The van der Waals surface area contributed by atoms with E-state index in [1.807, 2.05) is 43.3 Å². The van der Waals surface area contributed by atoms with Gasteiger partial charge < -0.3 is 5.32 Å². The van der Waals surface area contributed by atoms with Gasteiger partial charge in [0.15, 0.2) is 5.65 Å². The molecule has 8 heteroatoms. The van der Waals surface area contributed by atoms with Gasteiger partial charge >= 0.3 is 11.1 Å². The molecule has 4 rings (SSSR count). The average Bonchev–Trinajstić information content (AvgIpc) is 2.82. The molecule has 168 valence electrons. The van der Waals surface area contributed by atoms with Crippen molar-refractivity contribution < 1.29 is 4.79 Å². The first-order chi connectivity index (χ1) is 15.9. The predicted molar refractivity (Wildman–Crippen MR) is 129 cm³/mol. The summed E-state index contributed by atoms with van der Waals surface area (Å²) in [5, 5.41) is 3.46. The molecule has 4 aromatic rings. The van der Waals surface area contributed by atoms with Gasteiger partial charge in [-0.3, -0.25) is 23.5 Å². The Balaban J connectivity index is 1.56. The first kappa shape index (κ1) is 22.5. The quantitative estimate of drug-likeness (QED) is 0.428. The fourth-order valence-corrected chi connectivity index (χ4v) is 3.75. The van der Waals surface area contributed by atoms with E-state index in [2.05, 4.69) is 10.3 Å². The second-order valence-corrected chi connectivity index (χ2v) is 8.28. The van der Waals surface area contributed by atoms with E-state index in [0.717, 1.165) is 16.7 Å². The Morgan fingerprint density at radius 1 is 0.939 bits per heavy atom. The second kappa shape index (κ2) is 9.83. The summed E-state index contributed by atoms with van der Waals surface area (Å²) in [5.74, 6) is -0.355. The van der Waals surface area contributed by atoms with Crippen LogP contribution in [-0.2, 0) is 24.3 Å². The molecule has 0 saturated heterocycles. The van der Waals surface area contributed by atoms with Crippen molar-refractivity contribution in [2.24, 2.45) is 0 Å². The molecule has 0 aliphatic carbocycles. The van der Waals surface area contributed by atoms with Gasteiger partial charge in [0.1, 0.15) is 6.54 Å². The minimum absolute atomic E-state index is 0.218. The number of hydrogen-bond donors (Lipinski definition) is 1. The topological polar surface area (TPSA) is 86.0 Å². The number of nitrogens with zero attached hydrogens (tertiary/aromatic N) is 3. The van der Waals surface area contributed by atoms with E-state index in [4.69, 9.17) is 11.6 Å². The van der Waals surface area contributed by atoms with Gasteiger partial charge in [0.25, 0.3) is 0 Å². The lowest BCUT2D eigenvalue weighted by Crippen LogP contribution is -2.44. The van der Waals surface area contributed by atoms with Gasteiger partial charge in [-0.1, -0.05) is 53.6 Å². The van der Waals surface area contributed by atoms with Crippen LogP contribution >= 0.6 is 11.6 Å². The zero-order valence-corrected chi connectivity index (χ0v) is 18.9. The average molecular weight is 463 g/mol. The number of nitrogens with one attached hydrogen (secondary N) is 1. The molecular formula is C25H23ClN4O3. The van der Waals surface area contributed by atoms with Crippen molar-refractivity contribution in [2.45, 2.75) is 26.4 Å². The highest BCUT2D eigenvalue weighted by Crippen LogP contribution is 2.11. The van der Waals surface area contributed by atoms with Crippen LogP contribution in [0.15, 0.2) is 76.4 Å². The number of fused-ring (bicyclic) bond motifs is 1. The Labute approximate surface area is 195 Å². The molecular weight excluding hydrogens is 440 g/mol. The SMILES string of the molecule is Cc1ccc(Cn2c(=O)c(=O)n(CC(=O)NCCc3ccc(Cl)cc3)c3cccnc32)cc1. The number of aryl methyl sites for hydroxylation is 1. The summed E-state index contributed by atoms with van der Waals surface area (Å²) >= 11 is 5.89. The first-order valence-electron chi connectivity index (χ1n) is 10.6. The maximum atomic E-state index is 12.9. The molecule has 33 heavy (non-hydrogen) atoms. The maximum absolute atomic E-state index is 12.9. The molecule has 7 nitrogen and oxygen atoms in total.